The van der Waals surface area contributed by atoms with Gasteiger partial charge in [0.25, 0.3) is 11.7 Å². The summed E-state index contributed by atoms with van der Waals surface area (Å²) < 4.78 is 16.7. The number of furan rings is 1. The van der Waals surface area contributed by atoms with E-state index < -0.39 is 17.7 Å². The van der Waals surface area contributed by atoms with Gasteiger partial charge in [-0.05, 0) is 67.3 Å². The van der Waals surface area contributed by atoms with Crippen LogP contribution in [-0.4, -0.2) is 31.0 Å². The minimum Gasteiger partial charge on any atom is -0.507 e. The molecule has 1 aliphatic heterocycles. The Morgan fingerprint density at radius 3 is 2.37 bits per heavy atom. The number of aliphatic hydroxyl groups is 1. The van der Waals surface area contributed by atoms with Crippen LogP contribution >= 0.6 is 0 Å². The second-order valence-corrected chi connectivity index (χ2v) is 8.88. The fraction of sp³-hybridized carbons (Fsp3) is 0.286. The van der Waals surface area contributed by atoms with E-state index in [0.29, 0.717) is 39.8 Å². The van der Waals surface area contributed by atoms with E-state index in [4.69, 9.17) is 13.9 Å². The van der Waals surface area contributed by atoms with Crippen LogP contribution in [0.2, 0.25) is 0 Å². The molecule has 1 fully saturated rings. The van der Waals surface area contributed by atoms with E-state index in [2.05, 4.69) is 0 Å². The van der Waals surface area contributed by atoms with Gasteiger partial charge in [-0.1, -0.05) is 19.9 Å². The van der Waals surface area contributed by atoms with Crippen LogP contribution in [0.4, 0.5) is 5.69 Å². The highest BCUT2D eigenvalue weighted by molar-refractivity contribution is 6.51. The molecule has 0 aliphatic carbocycles. The van der Waals surface area contributed by atoms with Gasteiger partial charge in [0.15, 0.2) is 0 Å². The molecular formula is C28H29NO6. The van der Waals surface area contributed by atoms with Crippen LogP contribution in [0.5, 0.6) is 11.5 Å². The lowest BCUT2D eigenvalue weighted by Gasteiger charge is -2.24. The first-order valence-corrected chi connectivity index (χ1v) is 11.4. The van der Waals surface area contributed by atoms with Gasteiger partial charge in [-0.25, -0.2) is 0 Å². The normalized spacial score (nSPS) is 17.3. The zero-order chi connectivity index (χ0) is 25.4. The molecule has 0 bridgehead atoms. The number of rotatable bonds is 6. The number of aryl methyl sites for hydroxylation is 2. The fourth-order valence-electron chi connectivity index (χ4n) is 4.46. The van der Waals surface area contributed by atoms with Crippen molar-refractivity contribution in [3.8, 4) is 11.5 Å². The highest BCUT2D eigenvalue weighted by Crippen LogP contribution is 2.44. The number of carbonyl (C=O) groups is 2. The Morgan fingerprint density at radius 1 is 1.03 bits per heavy atom. The van der Waals surface area contributed by atoms with Crippen LogP contribution in [0.15, 0.2) is 58.5 Å². The Balaban J connectivity index is 1.97. The molecule has 1 saturated heterocycles. The molecule has 0 spiro atoms. The first-order chi connectivity index (χ1) is 16.7. The van der Waals surface area contributed by atoms with Gasteiger partial charge in [0.2, 0.25) is 0 Å². The van der Waals surface area contributed by atoms with Gasteiger partial charge >= 0.3 is 0 Å². The number of hydrogen-bond donors (Lipinski definition) is 1. The first-order valence-electron chi connectivity index (χ1n) is 11.4. The molecule has 1 unspecified atom stereocenters. The number of ether oxygens (including phenoxy) is 2. The van der Waals surface area contributed by atoms with Crippen LogP contribution in [0.3, 0.4) is 0 Å². The van der Waals surface area contributed by atoms with Crippen molar-refractivity contribution < 1.29 is 28.6 Å². The van der Waals surface area contributed by atoms with Crippen molar-refractivity contribution in [3.63, 3.8) is 0 Å². The second-order valence-electron chi connectivity index (χ2n) is 8.88. The molecule has 35 heavy (non-hydrogen) atoms. The van der Waals surface area contributed by atoms with E-state index >= 15 is 0 Å². The maximum atomic E-state index is 13.4. The third kappa shape index (κ3) is 4.18. The van der Waals surface area contributed by atoms with Crippen molar-refractivity contribution in [2.24, 2.45) is 0 Å². The summed E-state index contributed by atoms with van der Waals surface area (Å²) >= 11 is 0. The lowest BCUT2D eigenvalue weighted by molar-refractivity contribution is -0.132. The molecule has 1 aliphatic rings. The summed E-state index contributed by atoms with van der Waals surface area (Å²) in [6.45, 7) is 7.64. The maximum absolute atomic E-state index is 13.4. The molecule has 7 heteroatoms. The molecule has 1 amide bonds. The van der Waals surface area contributed by atoms with E-state index in [0.717, 1.165) is 5.56 Å². The Labute approximate surface area is 204 Å². The number of nitrogens with zero attached hydrogens (tertiary/aromatic N) is 1. The van der Waals surface area contributed by atoms with Gasteiger partial charge in [0.05, 0.1) is 19.8 Å². The number of hydrogen-bond acceptors (Lipinski definition) is 6. The third-order valence-corrected chi connectivity index (χ3v) is 6.26. The van der Waals surface area contributed by atoms with Crippen LogP contribution in [0.1, 0.15) is 54.0 Å². The molecule has 2 heterocycles. The molecule has 182 valence electrons. The van der Waals surface area contributed by atoms with Crippen molar-refractivity contribution >= 4 is 23.1 Å². The molecule has 0 radical (unpaired) electrons. The van der Waals surface area contributed by atoms with Crippen LogP contribution in [0.25, 0.3) is 5.76 Å². The third-order valence-electron chi connectivity index (χ3n) is 6.26. The molecule has 1 aromatic heterocycles. The summed E-state index contributed by atoms with van der Waals surface area (Å²) in [5.41, 5.74) is 2.48. The molecule has 1 atom stereocenters. The number of anilines is 1. The molecule has 7 nitrogen and oxygen atoms in total. The lowest BCUT2D eigenvalue weighted by Crippen LogP contribution is -2.29. The summed E-state index contributed by atoms with van der Waals surface area (Å²) in [5.74, 6) is 0.546. The average molecular weight is 476 g/mol. The van der Waals surface area contributed by atoms with E-state index in [1.54, 1.807) is 50.4 Å². The van der Waals surface area contributed by atoms with Gasteiger partial charge in [-0.3, -0.25) is 14.5 Å². The smallest absolute Gasteiger partial charge is 0.300 e. The number of benzene rings is 2. The van der Waals surface area contributed by atoms with Crippen LogP contribution in [-0.2, 0) is 9.59 Å². The van der Waals surface area contributed by atoms with Crippen molar-refractivity contribution in [3.05, 3.63) is 82.3 Å². The Morgan fingerprint density at radius 2 is 1.77 bits per heavy atom. The van der Waals surface area contributed by atoms with Gasteiger partial charge in [-0.15, -0.1) is 0 Å². The summed E-state index contributed by atoms with van der Waals surface area (Å²) in [6, 6.07) is 13.0. The van der Waals surface area contributed by atoms with E-state index in [1.165, 1.54) is 12.0 Å². The molecule has 3 aromatic rings. The van der Waals surface area contributed by atoms with E-state index in [1.807, 2.05) is 32.9 Å². The van der Waals surface area contributed by atoms with Gasteiger partial charge in [-0.2, -0.15) is 0 Å². The SMILES string of the molecule is COc1cccc(N2C(=O)C(=O)/C(=C(/O)c3cc(C(C)C)c(OC)cc3C)C2c2ccc(C)o2)c1. The van der Waals surface area contributed by atoms with Crippen molar-refractivity contribution in [2.75, 3.05) is 19.1 Å². The second kappa shape index (κ2) is 9.33. The number of amides is 1. The predicted octanol–water partition coefficient (Wildman–Crippen LogP) is 5.66. The van der Waals surface area contributed by atoms with Crippen molar-refractivity contribution in [2.45, 2.75) is 39.7 Å². The number of carbonyl (C=O) groups excluding carboxylic acids is 2. The number of methoxy groups -OCH3 is 2. The molecule has 0 saturated carbocycles. The average Bonchev–Trinajstić information content (AvgIpc) is 3.38. The highest BCUT2D eigenvalue weighted by atomic mass is 16.5. The quantitative estimate of drug-likeness (QED) is 0.281. The first kappa shape index (κ1) is 24.1. The minimum atomic E-state index is -0.945. The summed E-state index contributed by atoms with van der Waals surface area (Å²) in [5, 5.41) is 11.5. The predicted molar refractivity (Wildman–Crippen MR) is 133 cm³/mol. The maximum Gasteiger partial charge on any atom is 0.300 e. The minimum absolute atomic E-state index is 0.0323. The highest BCUT2D eigenvalue weighted by Gasteiger charge is 2.48. The molecule has 2 aromatic carbocycles. The van der Waals surface area contributed by atoms with Gasteiger partial charge < -0.3 is 19.0 Å². The van der Waals surface area contributed by atoms with Crippen LogP contribution in [0, 0.1) is 13.8 Å². The number of ketones is 1. The number of aliphatic hydroxyl groups excluding tert-OH is 1. The standard InChI is InChI=1S/C28H29NO6/c1-15(2)20-14-21(16(3)12-23(20)34-6)26(30)24-25(22-11-10-17(4)35-22)29(28(32)27(24)31)18-8-7-9-19(13-18)33-5/h7-15,25,30H,1-6H3/b26-24+. The largest absolute Gasteiger partial charge is 0.507 e. The van der Waals surface area contributed by atoms with E-state index in [-0.39, 0.29) is 17.3 Å². The summed E-state index contributed by atoms with van der Waals surface area (Å²) in [4.78, 5) is 28.1. The number of Topliss-reactive ketones (excluding diaryl/α,β-unsaturated/α-hetero) is 1. The Kier molecular flexibility index (Phi) is 6.43. The Bertz CT molecular complexity index is 1330. The lowest BCUT2D eigenvalue weighted by atomic mass is 9.92. The fourth-order valence-corrected chi connectivity index (χ4v) is 4.46. The van der Waals surface area contributed by atoms with Crippen LogP contribution < -0.4 is 14.4 Å². The van der Waals surface area contributed by atoms with Gasteiger partial charge in [0.1, 0.15) is 34.8 Å². The summed E-state index contributed by atoms with van der Waals surface area (Å²) in [6.07, 6.45) is 0. The monoisotopic (exact) mass is 475 g/mol. The van der Waals surface area contributed by atoms with Crippen molar-refractivity contribution in [1.82, 2.24) is 0 Å². The molecule has 4 rings (SSSR count). The topological polar surface area (TPSA) is 89.2 Å². The van der Waals surface area contributed by atoms with Gasteiger partial charge in [0, 0.05) is 17.3 Å². The van der Waals surface area contributed by atoms with Crippen molar-refractivity contribution in [1.29, 1.82) is 0 Å². The Hall–Kier alpha value is -4.00. The molecule has 1 N–H and O–H groups in total. The zero-order valence-corrected chi connectivity index (χ0v) is 20.7. The summed E-state index contributed by atoms with van der Waals surface area (Å²) in [7, 11) is 3.12. The van der Waals surface area contributed by atoms with E-state index in [9.17, 15) is 14.7 Å². The zero-order valence-electron chi connectivity index (χ0n) is 20.7. The molecular weight excluding hydrogens is 446 g/mol.